The summed E-state index contributed by atoms with van der Waals surface area (Å²) in [6.45, 7) is 2.31. The van der Waals surface area contributed by atoms with Crippen LogP contribution in [0.2, 0.25) is 0 Å². The van der Waals surface area contributed by atoms with Gasteiger partial charge in [-0.15, -0.1) is 0 Å². The highest BCUT2D eigenvalue weighted by atomic mass is 16.4. The lowest BCUT2D eigenvalue weighted by atomic mass is 9.81. The fourth-order valence-corrected chi connectivity index (χ4v) is 4.93. The normalized spacial score (nSPS) is 29.9. The van der Waals surface area contributed by atoms with Crippen molar-refractivity contribution in [3.63, 3.8) is 0 Å². The van der Waals surface area contributed by atoms with Crippen LogP contribution in [0.25, 0.3) is 0 Å². The van der Waals surface area contributed by atoms with Crippen LogP contribution >= 0.6 is 0 Å². The Morgan fingerprint density at radius 2 is 2.04 bits per heavy atom. The van der Waals surface area contributed by atoms with Crippen LogP contribution < -0.4 is 0 Å². The second kappa shape index (κ2) is 6.41. The molecule has 3 aliphatic rings. The molecule has 1 aromatic rings. The number of rotatable bonds is 4. The van der Waals surface area contributed by atoms with Crippen molar-refractivity contribution in [2.75, 3.05) is 26.2 Å². The van der Waals surface area contributed by atoms with Crippen molar-refractivity contribution in [2.24, 2.45) is 11.3 Å². The van der Waals surface area contributed by atoms with Gasteiger partial charge >= 0.3 is 5.97 Å². The highest BCUT2D eigenvalue weighted by Gasteiger charge is 2.59. The van der Waals surface area contributed by atoms with Gasteiger partial charge in [0.25, 0.3) is 0 Å². The molecule has 1 amide bonds. The molecule has 1 N–H and O–H groups in total. The van der Waals surface area contributed by atoms with Gasteiger partial charge in [-0.1, -0.05) is 18.9 Å². The fraction of sp³-hybridized carbons (Fsp3) is 0.632. The monoisotopic (exact) mass is 343 g/mol. The SMILES string of the molecule is O=C(Cc1cccnc1)N1C[C@H]2CN(C3CCCC3)C[C@@]2(C(=O)O)C1. The van der Waals surface area contributed by atoms with Crippen LogP contribution in [0.4, 0.5) is 0 Å². The number of hydrogen-bond acceptors (Lipinski definition) is 4. The van der Waals surface area contributed by atoms with E-state index >= 15 is 0 Å². The van der Waals surface area contributed by atoms with E-state index in [-0.39, 0.29) is 11.8 Å². The molecule has 3 fully saturated rings. The van der Waals surface area contributed by atoms with Crippen LogP contribution in [0.15, 0.2) is 24.5 Å². The molecule has 2 saturated heterocycles. The smallest absolute Gasteiger partial charge is 0.313 e. The third-order valence-electron chi connectivity index (χ3n) is 6.33. The summed E-state index contributed by atoms with van der Waals surface area (Å²) in [7, 11) is 0. The molecule has 0 bridgehead atoms. The van der Waals surface area contributed by atoms with Crippen molar-refractivity contribution in [3.05, 3.63) is 30.1 Å². The number of carboxylic acid groups (broad SMARTS) is 1. The average molecular weight is 343 g/mol. The molecule has 2 aliphatic heterocycles. The fourth-order valence-electron chi connectivity index (χ4n) is 4.93. The molecule has 1 aliphatic carbocycles. The number of fused-ring (bicyclic) bond motifs is 1. The molecule has 3 heterocycles. The number of carbonyl (C=O) groups excluding carboxylic acids is 1. The Labute approximate surface area is 147 Å². The molecular weight excluding hydrogens is 318 g/mol. The molecule has 1 saturated carbocycles. The van der Waals surface area contributed by atoms with Crippen molar-refractivity contribution < 1.29 is 14.7 Å². The van der Waals surface area contributed by atoms with Gasteiger partial charge in [0.1, 0.15) is 5.41 Å². The number of nitrogens with zero attached hydrogens (tertiary/aromatic N) is 3. The van der Waals surface area contributed by atoms with E-state index in [9.17, 15) is 14.7 Å². The standard InChI is InChI=1S/C19H25N3O3/c23-17(8-14-4-3-7-20-9-14)22-11-15-10-21(16-5-1-2-6-16)12-19(15,13-22)18(24)25/h3-4,7,9,15-16H,1-2,5-6,8,10-13H2,(H,24,25)/t15-,19-/m1/s1. The van der Waals surface area contributed by atoms with Crippen molar-refractivity contribution >= 4 is 11.9 Å². The topological polar surface area (TPSA) is 73.7 Å². The zero-order chi connectivity index (χ0) is 17.4. The zero-order valence-electron chi connectivity index (χ0n) is 14.4. The van der Waals surface area contributed by atoms with E-state index in [1.807, 2.05) is 12.1 Å². The first-order valence-electron chi connectivity index (χ1n) is 9.22. The van der Waals surface area contributed by atoms with Crippen molar-refractivity contribution in [2.45, 2.75) is 38.1 Å². The van der Waals surface area contributed by atoms with E-state index in [0.717, 1.165) is 12.1 Å². The third-order valence-corrected chi connectivity index (χ3v) is 6.33. The first-order valence-corrected chi connectivity index (χ1v) is 9.22. The predicted octanol–water partition coefficient (Wildman–Crippen LogP) is 1.41. The number of aromatic nitrogens is 1. The van der Waals surface area contributed by atoms with E-state index in [1.54, 1.807) is 17.3 Å². The Balaban J connectivity index is 1.46. The number of carboxylic acids is 1. The third kappa shape index (κ3) is 2.92. The van der Waals surface area contributed by atoms with Gasteiger partial charge in [0.05, 0.1) is 6.42 Å². The Kier molecular flexibility index (Phi) is 4.23. The van der Waals surface area contributed by atoms with Crippen LogP contribution in [0, 0.1) is 11.3 Å². The van der Waals surface area contributed by atoms with Crippen LogP contribution in [0.1, 0.15) is 31.2 Å². The van der Waals surface area contributed by atoms with Gasteiger partial charge in [-0.2, -0.15) is 0 Å². The minimum atomic E-state index is -0.785. The molecule has 0 spiro atoms. The summed E-state index contributed by atoms with van der Waals surface area (Å²) in [6.07, 6.45) is 8.55. The maximum absolute atomic E-state index is 12.6. The van der Waals surface area contributed by atoms with E-state index in [1.165, 1.54) is 25.7 Å². The van der Waals surface area contributed by atoms with Gasteiger partial charge in [0.2, 0.25) is 5.91 Å². The predicted molar refractivity (Wildman–Crippen MR) is 91.9 cm³/mol. The number of pyridine rings is 1. The summed E-state index contributed by atoms with van der Waals surface area (Å²) in [6, 6.07) is 4.25. The van der Waals surface area contributed by atoms with Gasteiger partial charge < -0.3 is 10.0 Å². The second-order valence-electron chi connectivity index (χ2n) is 7.84. The summed E-state index contributed by atoms with van der Waals surface area (Å²) in [4.78, 5) is 32.9. The van der Waals surface area contributed by atoms with Crippen LogP contribution in [-0.2, 0) is 16.0 Å². The maximum atomic E-state index is 12.6. The summed E-state index contributed by atoms with van der Waals surface area (Å²) in [5, 5.41) is 9.95. The molecule has 6 heteroatoms. The first-order chi connectivity index (χ1) is 12.1. The maximum Gasteiger partial charge on any atom is 0.313 e. The minimum absolute atomic E-state index is 0.00967. The number of amides is 1. The van der Waals surface area contributed by atoms with Crippen molar-refractivity contribution in [3.8, 4) is 0 Å². The largest absolute Gasteiger partial charge is 0.481 e. The molecule has 2 atom stereocenters. The quantitative estimate of drug-likeness (QED) is 0.895. The number of hydrogen-bond donors (Lipinski definition) is 1. The lowest BCUT2D eigenvalue weighted by Crippen LogP contribution is -2.43. The number of carbonyl (C=O) groups is 2. The molecule has 0 radical (unpaired) electrons. The molecule has 6 nitrogen and oxygen atoms in total. The molecule has 134 valence electrons. The van der Waals surface area contributed by atoms with E-state index < -0.39 is 11.4 Å². The lowest BCUT2D eigenvalue weighted by molar-refractivity contribution is -0.149. The summed E-state index contributed by atoms with van der Waals surface area (Å²) in [5.41, 5.74) is 0.0919. The zero-order valence-corrected chi connectivity index (χ0v) is 14.4. The summed E-state index contributed by atoms with van der Waals surface area (Å²) in [5.74, 6) is -0.687. The van der Waals surface area contributed by atoms with Crippen molar-refractivity contribution in [1.29, 1.82) is 0 Å². The molecule has 25 heavy (non-hydrogen) atoms. The molecule has 4 rings (SSSR count). The second-order valence-corrected chi connectivity index (χ2v) is 7.84. The van der Waals surface area contributed by atoms with E-state index in [0.29, 0.717) is 32.1 Å². The Morgan fingerprint density at radius 3 is 2.68 bits per heavy atom. The highest BCUT2D eigenvalue weighted by molar-refractivity contribution is 5.83. The van der Waals surface area contributed by atoms with E-state index in [2.05, 4.69) is 9.88 Å². The molecular formula is C19H25N3O3. The lowest BCUT2D eigenvalue weighted by Gasteiger charge is -2.28. The van der Waals surface area contributed by atoms with E-state index in [4.69, 9.17) is 0 Å². The average Bonchev–Trinajstić information content (AvgIpc) is 3.29. The summed E-state index contributed by atoms with van der Waals surface area (Å²) < 4.78 is 0. The molecule has 1 aromatic heterocycles. The van der Waals surface area contributed by atoms with Gasteiger partial charge in [0, 0.05) is 50.5 Å². The number of likely N-dealkylation sites (tertiary alicyclic amines) is 2. The van der Waals surface area contributed by atoms with Crippen molar-refractivity contribution in [1.82, 2.24) is 14.8 Å². The van der Waals surface area contributed by atoms with Gasteiger partial charge in [0.15, 0.2) is 0 Å². The molecule has 0 aromatic carbocycles. The highest BCUT2D eigenvalue weighted by Crippen LogP contribution is 2.45. The van der Waals surface area contributed by atoms with Crippen LogP contribution in [0.3, 0.4) is 0 Å². The van der Waals surface area contributed by atoms with Gasteiger partial charge in [-0.25, -0.2) is 0 Å². The number of aliphatic carboxylic acids is 1. The summed E-state index contributed by atoms with van der Waals surface area (Å²) >= 11 is 0. The van der Waals surface area contributed by atoms with Crippen LogP contribution in [0.5, 0.6) is 0 Å². The van der Waals surface area contributed by atoms with Crippen LogP contribution in [-0.4, -0.2) is 64.0 Å². The van der Waals surface area contributed by atoms with Gasteiger partial charge in [-0.05, 0) is 24.5 Å². The Hall–Kier alpha value is -1.95. The Morgan fingerprint density at radius 1 is 1.24 bits per heavy atom. The minimum Gasteiger partial charge on any atom is -0.481 e. The Bertz CT molecular complexity index is 659. The first kappa shape index (κ1) is 16.5. The molecule has 0 unspecified atom stereocenters. The van der Waals surface area contributed by atoms with Gasteiger partial charge in [-0.3, -0.25) is 19.5 Å².